The van der Waals surface area contributed by atoms with Crippen LogP contribution in [0.5, 0.6) is 0 Å². The molecule has 15 heavy (non-hydrogen) atoms. The van der Waals surface area contributed by atoms with Gasteiger partial charge in [0.25, 0.3) is 0 Å². The number of hydrogen-bond donors (Lipinski definition) is 0. The van der Waals surface area contributed by atoms with Gasteiger partial charge in [0, 0.05) is 18.1 Å². The normalized spacial score (nSPS) is 14.7. The van der Waals surface area contributed by atoms with Crippen LogP contribution in [-0.2, 0) is 17.7 Å². The van der Waals surface area contributed by atoms with Crippen molar-refractivity contribution in [3.05, 3.63) is 34.3 Å². The van der Waals surface area contributed by atoms with Crippen LogP contribution in [0, 0.1) is 0 Å². The Balaban J connectivity index is 2.22. The number of fused-ring (bicyclic) bond motifs is 1. The Morgan fingerprint density at radius 1 is 1.47 bits per heavy atom. The highest BCUT2D eigenvalue weighted by Gasteiger charge is 2.20. The lowest BCUT2D eigenvalue weighted by Gasteiger charge is -2.27. The summed E-state index contributed by atoms with van der Waals surface area (Å²) in [6.07, 6.45) is 0.586. The summed E-state index contributed by atoms with van der Waals surface area (Å²) in [6, 6.07) is 5.81. The molecule has 1 aromatic rings. The Kier molecular flexibility index (Phi) is 2.82. The van der Waals surface area contributed by atoms with Crippen molar-refractivity contribution in [3.8, 4) is 0 Å². The Hall–Kier alpha value is -1.22. The highest BCUT2D eigenvalue weighted by atomic mass is 35.5. The number of ether oxygens (including phenoxy) is 1. The summed E-state index contributed by atoms with van der Waals surface area (Å²) in [6.45, 7) is 1.30. The molecule has 3 nitrogen and oxygen atoms in total. The molecule has 0 N–H and O–H groups in total. The predicted octanol–water partition coefficient (Wildman–Crippen LogP) is 2.46. The third-order valence-electron chi connectivity index (χ3n) is 2.61. The minimum absolute atomic E-state index is 0.277. The number of carbonyl (C=O) groups is 1. The van der Waals surface area contributed by atoms with Gasteiger partial charge in [0.1, 0.15) is 0 Å². The smallest absolute Gasteiger partial charge is 0.409 e. The third kappa shape index (κ3) is 2.07. The number of rotatable bonds is 0. The third-order valence-corrected chi connectivity index (χ3v) is 2.85. The minimum atomic E-state index is -0.277. The van der Waals surface area contributed by atoms with Gasteiger partial charge in [-0.3, -0.25) is 0 Å². The van der Waals surface area contributed by atoms with E-state index in [1.165, 1.54) is 12.7 Å². The van der Waals surface area contributed by atoms with Crippen LogP contribution in [0.3, 0.4) is 0 Å². The maximum atomic E-state index is 11.3. The van der Waals surface area contributed by atoms with Gasteiger partial charge in [0.15, 0.2) is 0 Å². The molecular formula is C11H12ClNO2. The monoisotopic (exact) mass is 225 g/mol. The lowest BCUT2D eigenvalue weighted by atomic mass is 10.0. The summed E-state index contributed by atoms with van der Waals surface area (Å²) in [7, 11) is 1.40. The van der Waals surface area contributed by atoms with Crippen LogP contribution < -0.4 is 0 Å². The zero-order chi connectivity index (χ0) is 10.8. The van der Waals surface area contributed by atoms with E-state index in [-0.39, 0.29) is 6.09 Å². The van der Waals surface area contributed by atoms with Gasteiger partial charge in [0.2, 0.25) is 0 Å². The first-order chi connectivity index (χ1) is 7.20. The molecule has 0 aromatic heterocycles. The Labute approximate surface area is 93.6 Å². The summed E-state index contributed by atoms with van der Waals surface area (Å²) in [5, 5.41) is 0.709. The van der Waals surface area contributed by atoms with Gasteiger partial charge in [-0.25, -0.2) is 4.79 Å². The van der Waals surface area contributed by atoms with E-state index in [0.29, 0.717) is 18.1 Å². The minimum Gasteiger partial charge on any atom is -0.453 e. The van der Waals surface area contributed by atoms with Gasteiger partial charge in [-0.1, -0.05) is 17.7 Å². The number of amides is 1. The molecule has 0 bridgehead atoms. The van der Waals surface area contributed by atoms with Crippen molar-refractivity contribution >= 4 is 17.7 Å². The number of methoxy groups -OCH3 is 1. The summed E-state index contributed by atoms with van der Waals surface area (Å²) < 4.78 is 4.69. The van der Waals surface area contributed by atoms with Crippen molar-refractivity contribution in [3.63, 3.8) is 0 Å². The van der Waals surface area contributed by atoms with Crippen molar-refractivity contribution in [1.82, 2.24) is 4.90 Å². The summed E-state index contributed by atoms with van der Waals surface area (Å²) in [4.78, 5) is 13.0. The highest BCUT2D eigenvalue weighted by molar-refractivity contribution is 6.30. The van der Waals surface area contributed by atoms with Crippen molar-refractivity contribution in [1.29, 1.82) is 0 Å². The van der Waals surface area contributed by atoms with E-state index in [0.717, 1.165) is 12.0 Å². The van der Waals surface area contributed by atoms with E-state index in [1.54, 1.807) is 4.90 Å². The first-order valence-corrected chi connectivity index (χ1v) is 5.18. The molecule has 1 aliphatic rings. The predicted molar refractivity (Wildman–Crippen MR) is 58.0 cm³/mol. The molecule has 0 aliphatic carbocycles. The standard InChI is InChI=1S/C11H12ClNO2/c1-15-11(14)13-5-4-8-2-3-10(12)6-9(8)7-13/h2-3,6H,4-5,7H2,1H3. The highest BCUT2D eigenvalue weighted by Crippen LogP contribution is 2.22. The lowest BCUT2D eigenvalue weighted by Crippen LogP contribution is -2.35. The Morgan fingerprint density at radius 3 is 3.00 bits per heavy atom. The molecule has 4 heteroatoms. The molecule has 0 fully saturated rings. The van der Waals surface area contributed by atoms with E-state index in [9.17, 15) is 4.79 Å². The quantitative estimate of drug-likeness (QED) is 0.679. The SMILES string of the molecule is COC(=O)N1CCc2ccc(Cl)cc2C1. The van der Waals surface area contributed by atoms with Gasteiger partial charge in [-0.2, -0.15) is 0 Å². The van der Waals surface area contributed by atoms with Crippen LogP contribution in [0.25, 0.3) is 0 Å². The maximum absolute atomic E-state index is 11.3. The molecule has 1 heterocycles. The van der Waals surface area contributed by atoms with Crippen LogP contribution in [0.15, 0.2) is 18.2 Å². The molecule has 1 aliphatic heterocycles. The van der Waals surface area contributed by atoms with Crippen LogP contribution >= 0.6 is 11.6 Å². The Morgan fingerprint density at radius 2 is 2.27 bits per heavy atom. The van der Waals surface area contributed by atoms with Crippen LogP contribution in [0.2, 0.25) is 5.02 Å². The fraction of sp³-hybridized carbons (Fsp3) is 0.364. The van der Waals surface area contributed by atoms with Crippen molar-refractivity contribution < 1.29 is 9.53 Å². The molecule has 0 spiro atoms. The molecule has 0 radical (unpaired) electrons. The topological polar surface area (TPSA) is 29.5 Å². The zero-order valence-electron chi connectivity index (χ0n) is 8.50. The van der Waals surface area contributed by atoms with E-state index in [4.69, 9.17) is 11.6 Å². The molecule has 0 unspecified atom stereocenters. The molecule has 1 aromatic carbocycles. The number of benzene rings is 1. The fourth-order valence-corrected chi connectivity index (χ4v) is 2.01. The van der Waals surface area contributed by atoms with Crippen molar-refractivity contribution in [2.75, 3.05) is 13.7 Å². The molecule has 0 saturated carbocycles. The van der Waals surface area contributed by atoms with Gasteiger partial charge in [0.05, 0.1) is 7.11 Å². The van der Waals surface area contributed by atoms with Gasteiger partial charge in [-0.05, 0) is 29.7 Å². The van der Waals surface area contributed by atoms with Crippen molar-refractivity contribution in [2.24, 2.45) is 0 Å². The number of nitrogens with zero attached hydrogens (tertiary/aromatic N) is 1. The zero-order valence-corrected chi connectivity index (χ0v) is 9.25. The molecule has 1 amide bonds. The fourth-order valence-electron chi connectivity index (χ4n) is 1.81. The summed E-state index contributed by atoms with van der Waals surface area (Å²) >= 11 is 5.90. The first-order valence-electron chi connectivity index (χ1n) is 4.81. The second-order valence-corrected chi connectivity index (χ2v) is 3.99. The molecular weight excluding hydrogens is 214 g/mol. The van der Waals surface area contributed by atoms with E-state index >= 15 is 0 Å². The molecule has 0 saturated heterocycles. The average Bonchev–Trinajstić information content (AvgIpc) is 2.27. The lowest BCUT2D eigenvalue weighted by molar-refractivity contribution is 0.118. The van der Waals surface area contributed by atoms with Crippen LogP contribution in [-0.4, -0.2) is 24.6 Å². The van der Waals surface area contributed by atoms with Gasteiger partial charge < -0.3 is 9.64 Å². The number of carbonyl (C=O) groups excluding carboxylic acids is 1. The molecule has 2 rings (SSSR count). The molecule has 0 atom stereocenters. The van der Waals surface area contributed by atoms with E-state index < -0.39 is 0 Å². The molecule has 80 valence electrons. The largest absolute Gasteiger partial charge is 0.453 e. The van der Waals surface area contributed by atoms with Crippen LogP contribution in [0.1, 0.15) is 11.1 Å². The second-order valence-electron chi connectivity index (χ2n) is 3.55. The van der Waals surface area contributed by atoms with Gasteiger partial charge >= 0.3 is 6.09 Å². The Bertz CT molecular complexity index is 392. The van der Waals surface area contributed by atoms with Crippen molar-refractivity contribution in [2.45, 2.75) is 13.0 Å². The van der Waals surface area contributed by atoms with Gasteiger partial charge in [-0.15, -0.1) is 0 Å². The first kappa shape index (κ1) is 10.3. The number of hydrogen-bond acceptors (Lipinski definition) is 2. The second kappa shape index (κ2) is 4.11. The average molecular weight is 226 g/mol. The summed E-state index contributed by atoms with van der Waals surface area (Å²) in [5.41, 5.74) is 2.37. The summed E-state index contributed by atoms with van der Waals surface area (Å²) in [5.74, 6) is 0. The number of halogens is 1. The maximum Gasteiger partial charge on any atom is 0.409 e. The van der Waals surface area contributed by atoms with E-state index in [1.807, 2.05) is 18.2 Å². The van der Waals surface area contributed by atoms with E-state index in [2.05, 4.69) is 4.74 Å². The van der Waals surface area contributed by atoms with Crippen LogP contribution in [0.4, 0.5) is 4.79 Å².